The smallest absolute Gasteiger partial charge is 0.247 e. The summed E-state index contributed by atoms with van der Waals surface area (Å²) >= 11 is 0. The molecule has 0 spiro atoms. The zero-order chi connectivity index (χ0) is 14.2. The number of aryl methyl sites for hydroxylation is 1. The molecule has 21 heavy (non-hydrogen) atoms. The lowest BCUT2D eigenvalue weighted by molar-refractivity contribution is 0.472. The summed E-state index contributed by atoms with van der Waals surface area (Å²) in [5.41, 5.74) is 3.38. The number of nitrogens with one attached hydrogen (secondary N) is 1. The lowest BCUT2D eigenvalue weighted by atomic mass is 9.93. The number of anilines is 1. The summed E-state index contributed by atoms with van der Waals surface area (Å²) < 4.78 is 5.24. The van der Waals surface area contributed by atoms with Crippen LogP contribution in [0.3, 0.4) is 0 Å². The van der Waals surface area contributed by atoms with Crippen molar-refractivity contribution in [3.63, 3.8) is 0 Å². The molecule has 3 unspecified atom stereocenters. The van der Waals surface area contributed by atoms with Crippen LogP contribution < -0.4 is 5.32 Å². The molecule has 3 atom stereocenters. The van der Waals surface area contributed by atoms with E-state index >= 15 is 0 Å². The standard InChI is InChI=1S/C17H19N3O/c1-11-6-14(17-20-19-10-21-17)4-5-16(11)18-9-15-8-12-2-3-13(15)7-12/h2-6,10,12-13,15,18H,7-9H2,1H3. The number of allylic oxidation sites excluding steroid dienone is 2. The first-order valence-corrected chi connectivity index (χ1v) is 7.59. The molecule has 0 amide bonds. The Bertz CT molecular complexity index is 663. The minimum Gasteiger partial charge on any atom is -0.423 e. The highest BCUT2D eigenvalue weighted by atomic mass is 16.4. The highest BCUT2D eigenvalue weighted by molar-refractivity contribution is 5.62. The van der Waals surface area contributed by atoms with Crippen molar-refractivity contribution in [2.45, 2.75) is 19.8 Å². The summed E-state index contributed by atoms with van der Waals surface area (Å²) in [7, 11) is 0. The van der Waals surface area contributed by atoms with Crippen LogP contribution >= 0.6 is 0 Å². The monoisotopic (exact) mass is 281 g/mol. The summed E-state index contributed by atoms with van der Waals surface area (Å²) in [6.45, 7) is 3.18. The molecule has 2 aromatic rings. The normalized spacial score (nSPS) is 26.4. The molecule has 1 aromatic carbocycles. The molecule has 0 aliphatic heterocycles. The Morgan fingerprint density at radius 2 is 2.24 bits per heavy atom. The van der Waals surface area contributed by atoms with Crippen LogP contribution in [0.15, 0.2) is 41.2 Å². The van der Waals surface area contributed by atoms with E-state index in [2.05, 4.69) is 46.7 Å². The maximum atomic E-state index is 5.24. The average Bonchev–Trinajstić information content (AvgIpc) is 3.23. The predicted octanol–water partition coefficient (Wildman–Crippen LogP) is 3.67. The second-order valence-electron chi connectivity index (χ2n) is 6.19. The van der Waals surface area contributed by atoms with Crippen LogP contribution in [0.25, 0.3) is 11.5 Å². The first-order valence-electron chi connectivity index (χ1n) is 7.59. The van der Waals surface area contributed by atoms with Gasteiger partial charge < -0.3 is 9.73 Å². The highest BCUT2D eigenvalue weighted by Gasteiger charge is 2.35. The van der Waals surface area contributed by atoms with Gasteiger partial charge in [0, 0.05) is 17.8 Å². The molecule has 2 aliphatic carbocycles. The first-order chi connectivity index (χ1) is 10.3. The van der Waals surface area contributed by atoms with Gasteiger partial charge >= 0.3 is 0 Å². The fourth-order valence-electron chi connectivity index (χ4n) is 3.66. The van der Waals surface area contributed by atoms with E-state index in [1.165, 1.54) is 30.5 Å². The van der Waals surface area contributed by atoms with Crippen LogP contribution in [0, 0.1) is 24.7 Å². The fraction of sp³-hybridized carbons (Fsp3) is 0.412. The number of benzene rings is 1. The van der Waals surface area contributed by atoms with E-state index in [9.17, 15) is 0 Å². The summed E-state index contributed by atoms with van der Waals surface area (Å²) in [5.74, 6) is 2.99. The average molecular weight is 281 g/mol. The molecule has 1 N–H and O–H groups in total. The zero-order valence-corrected chi connectivity index (χ0v) is 12.1. The summed E-state index contributed by atoms with van der Waals surface area (Å²) in [6, 6.07) is 6.23. The molecule has 2 aliphatic rings. The SMILES string of the molecule is Cc1cc(-c2nnco2)ccc1NCC1CC2C=CC1C2. The Morgan fingerprint density at radius 1 is 1.29 bits per heavy atom. The number of aromatic nitrogens is 2. The molecular formula is C17H19N3O. The van der Waals surface area contributed by atoms with Gasteiger partial charge in [-0.05, 0) is 61.3 Å². The largest absolute Gasteiger partial charge is 0.423 e. The van der Waals surface area contributed by atoms with Crippen LogP contribution in [0.4, 0.5) is 5.69 Å². The van der Waals surface area contributed by atoms with Crippen molar-refractivity contribution in [3.05, 3.63) is 42.3 Å². The molecular weight excluding hydrogens is 262 g/mol. The molecule has 4 rings (SSSR count). The quantitative estimate of drug-likeness (QED) is 0.869. The van der Waals surface area contributed by atoms with E-state index in [1.54, 1.807) is 0 Å². The summed E-state index contributed by atoms with van der Waals surface area (Å²) in [6.07, 6.45) is 8.87. The van der Waals surface area contributed by atoms with Gasteiger partial charge in [-0.3, -0.25) is 0 Å². The van der Waals surface area contributed by atoms with Crippen LogP contribution in [0.1, 0.15) is 18.4 Å². The molecule has 2 bridgehead atoms. The summed E-state index contributed by atoms with van der Waals surface area (Å²) in [4.78, 5) is 0. The maximum absolute atomic E-state index is 5.24. The Morgan fingerprint density at radius 3 is 2.90 bits per heavy atom. The lowest BCUT2D eigenvalue weighted by Crippen LogP contribution is -2.18. The number of rotatable bonds is 4. The van der Waals surface area contributed by atoms with Crippen molar-refractivity contribution in [1.82, 2.24) is 10.2 Å². The van der Waals surface area contributed by atoms with Gasteiger partial charge in [0.05, 0.1) is 0 Å². The molecule has 0 saturated heterocycles. The molecule has 1 heterocycles. The molecule has 1 saturated carbocycles. The van der Waals surface area contributed by atoms with Crippen molar-refractivity contribution in [2.24, 2.45) is 17.8 Å². The van der Waals surface area contributed by atoms with E-state index < -0.39 is 0 Å². The number of fused-ring (bicyclic) bond motifs is 2. The Hall–Kier alpha value is -2.10. The third-order valence-electron chi connectivity index (χ3n) is 4.80. The van der Waals surface area contributed by atoms with Crippen molar-refractivity contribution < 1.29 is 4.42 Å². The van der Waals surface area contributed by atoms with Gasteiger partial charge in [-0.15, -0.1) is 10.2 Å². The third kappa shape index (κ3) is 2.35. The van der Waals surface area contributed by atoms with E-state index in [0.29, 0.717) is 5.89 Å². The minimum atomic E-state index is 0.572. The van der Waals surface area contributed by atoms with E-state index in [-0.39, 0.29) is 0 Å². The number of nitrogens with zero attached hydrogens (tertiary/aromatic N) is 2. The fourth-order valence-corrected chi connectivity index (χ4v) is 3.66. The van der Waals surface area contributed by atoms with Gasteiger partial charge in [0.1, 0.15) is 0 Å². The second-order valence-corrected chi connectivity index (χ2v) is 6.19. The summed E-state index contributed by atoms with van der Waals surface area (Å²) in [5, 5.41) is 11.3. The van der Waals surface area contributed by atoms with Gasteiger partial charge in [0.2, 0.25) is 12.3 Å². The topological polar surface area (TPSA) is 51.0 Å². The molecule has 108 valence electrons. The first kappa shape index (κ1) is 12.6. The van der Waals surface area contributed by atoms with Crippen LogP contribution in [-0.4, -0.2) is 16.7 Å². The van der Waals surface area contributed by atoms with Crippen molar-refractivity contribution in [2.75, 3.05) is 11.9 Å². The number of hydrogen-bond donors (Lipinski definition) is 1. The van der Waals surface area contributed by atoms with Gasteiger partial charge in [0.25, 0.3) is 0 Å². The molecule has 1 aromatic heterocycles. The maximum Gasteiger partial charge on any atom is 0.247 e. The van der Waals surface area contributed by atoms with Gasteiger partial charge in [-0.2, -0.15) is 0 Å². The van der Waals surface area contributed by atoms with Gasteiger partial charge in [-0.1, -0.05) is 12.2 Å². The predicted molar refractivity (Wildman–Crippen MR) is 81.8 cm³/mol. The van der Waals surface area contributed by atoms with Crippen LogP contribution in [0.5, 0.6) is 0 Å². The Kier molecular flexibility index (Phi) is 3.02. The molecule has 4 heteroatoms. The van der Waals surface area contributed by atoms with Crippen molar-refractivity contribution >= 4 is 5.69 Å². The van der Waals surface area contributed by atoms with E-state index in [4.69, 9.17) is 4.42 Å². The van der Waals surface area contributed by atoms with Crippen LogP contribution in [0.2, 0.25) is 0 Å². The minimum absolute atomic E-state index is 0.572. The van der Waals surface area contributed by atoms with Crippen molar-refractivity contribution in [1.29, 1.82) is 0 Å². The second kappa shape index (κ2) is 5.02. The molecule has 0 radical (unpaired) electrons. The zero-order valence-electron chi connectivity index (χ0n) is 12.1. The van der Waals surface area contributed by atoms with Crippen molar-refractivity contribution in [3.8, 4) is 11.5 Å². The Labute approximate surface area is 124 Å². The van der Waals surface area contributed by atoms with Gasteiger partial charge in [0.15, 0.2) is 0 Å². The van der Waals surface area contributed by atoms with Gasteiger partial charge in [-0.25, -0.2) is 0 Å². The van der Waals surface area contributed by atoms with E-state index in [0.717, 1.165) is 29.9 Å². The highest BCUT2D eigenvalue weighted by Crippen LogP contribution is 2.43. The molecule has 1 fully saturated rings. The van der Waals surface area contributed by atoms with Crippen LogP contribution in [-0.2, 0) is 0 Å². The molecule has 4 nitrogen and oxygen atoms in total. The van der Waals surface area contributed by atoms with E-state index in [1.807, 2.05) is 6.07 Å². The lowest BCUT2D eigenvalue weighted by Gasteiger charge is -2.20. The number of hydrogen-bond acceptors (Lipinski definition) is 4. The third-order valence-corrected chi connectivity index (χ3v) is 4.80. The Balaban J connectivity index is 1.45.